The molecule has 1 saturated heterocycles. The number of rotatable bonds is 1. The van der Waals surface area contributed by atoms with Gasteiger partial charge in [0.15, 0.2) is 0 Å². The topological polar surface area (TPSA) is 38.3 Å². The number of carbonyl (C=O) groups is 1. The second-order valence-corrected chi connectivity index (χ2v) is 2.64. The van der Waals surface area contributed by atoms with E-state index in [1.54, 1.807) is 6.08 Å². The SMILES string of the molecule is C=C[C@]1(C)COC(=O)CN1. The van der Waals surface area contributed by atoms with Crippen LogP contribution in [0.15, 0.2) is 12.7 Å². The number of morpholine rings is 1. The summed E-state index contributed by atoms with van der Waals surface area (Å²) < 4.78 is 4.81. The normalized spacial score (nSPS) is 33.1. The highest BCUT2D eigenvalue weighted by atomic mass is 16.5. The zero-order chi connectivity index (χ0) is 7.61. The molecular formula is C7H11NO2. The predicted molar refractivity (Wildman–Crippen MR) is 37.6 cm³/mol. The highest BCUT2D eigenvalue weighted by Crippen LogP contribution is 2.08. The lowest BCUT2D eigenvalue weighted by Gasteiger charge is -2.30. The van der Waals surface area contributed by atoms with Crippen molar-refractivity contribution in [2.75, 3.05) is 13.2 Å². The van der Waals surface area contributed by atoms with Gasteiger partial charge in [0.05, 0.1) is 12.1 Å². The van der Waals surface area contributed by atoms with E-state index in [0.717, 1.165) is 0 Å². The number of hydrogen-bond donors (Lipinski definition) is 1. The van der Waals surface area contributed by atoms with Gasteiger partial charge < -0.3 is 4.74 Å². The maximum atomic E-state index is 10.5. The fourth-order valence-electron chi connectivity index (χ4n) is 0.738. The van der Waals surface area contributed by atoms with Crippen molar-refractivity contribution in [1.29, 1.82) is 0 Å². The van der Waals surface area contributed by atoms with E-state index in [1.807, 2.05) is 6.92 Å². The molecule has 0 aromatic carbocycles. The highest BCUT2D eigenvalue weighted by molar-refractivity contribution is 5.72. The molecule has 0 saturated carbocycles. The molecule has 1 N–H and O–H groups in total. The molecule has 0 aliphatic carbocycles. The largest absolute Gasteiger partial charge is 0.462 e. The van der Waals surface area contributed by atoms with Crippen molar-refractivity contribution >= 4 is 5.97 Å². The van der Waals surface area contributed by atoms with Gasteiger partial charge in [-0.2, -0.15) is 0 Å². The molecule has 1 heterocycles. The van der Waals surface area contributed by atoms with Crippen LogP contribution < -0.4 is 5.32 Å². The molecule has 1 rings (SSSR count). The third-order valence-electron chi connectivity index (χ3n) is 1.62. The van der Waals surface area contributed by atoms with Crippen LogP contribution in [0.3, 0.4) is 0 Å². The average molecular weight is 141 g/mol. The summed E-state index contributed by atoms with van der Waals surface area (Å²) in [5, 5.41) is 3.00. The Kier molecular flexibility index (Phi) is 1.76. The molecule has 1 aliphatic rings. The van der Waals surface area contributed by atoms with Gasteiger partial charge in [0, 0.05) is 0 Å². The van der Waals surface area contributed by atoms with Crippen LogP contribution in [0.2, 0.25) is 0 Å². The van der Waals surface area contributed by atoms with E-state index >= 15 is 0 Å². The first kappa shape index (κ1) is 7.28. The lowest BCUT2D eigenvalue weighted by atomic mass is 10.0. The molecule has 56 valence electrons. The molecule has 3 nitrogen and oxygen atoms in total. The van der Waals surface area contributed by atoms with E-state index in [0.29, 0.717) is 6.61 Å². The summed E-state index contributed by atoms with van der Waals surface area (Å²) in [5.74, 6) is -0.195. The van der Waals surface area contributed by atoms with Crippen molar-refractivity contribution in [2.24, 2.45) is 0 Å². The van der Waals surface area contributed by atoms with Crippen LogP contribution in [0.25, 0.3) is 0 Å². The summed E-state index contributed by atoms with van der Waals surface area (Å²) in [5.41, 5.74) is -0.228. The Balaban J connectivity index is 2.53. The van der Waals surface area contributed by atoms with Gasteiger partial charge >= 0.3 is 5.97 Å². The number of hydrogen-bond acceptors (Lipinski definition) is 3. The first-order valence-corrected chi connectivity index (χ1v) is 3.20. The minimum Gasteiger partial charge on any atom is -0.462 e. The van der Waals surface area contributed by atoms with Crippen LogP contribution in [0.1, 0.15) is 6.92 Å². The lowest BCUT2D eigenvalue weighted by Crippen LogP contribution is -2.52. The zero-order valence-corrected chi connectivity index (χ0v) is 6.02. The Morgan fingerprint density at radius 1 is 1.90 bits per heavy atom. The van der Waals surface area contributed by atoms with Gasteiger partial charge in [0.25, 0.3) is 0 Å². The van der Waals surface area contributed by atoms with Crippen molar-refractivity contribution in [2.45, 2.75) is 12.5 Å². The van der Waals surface area contributed by atoms with Crippen LogP contribution in [0, 0.1) is 0 Å². The lowest BCUT2D eigenvalue weighted by molar-refractivity contribution is -0.148. The first-order chi connectivity index (χ1) is 4.66. The van der Waals surface area contributed by atoms with E-state index in [2.05, 4.69) is 11.9 Å². The standard InChI is InChI=1S/C7H11NO2/c1-3-7(2)5-10-6(9)4-8-7/h3,8H,1,4-5H2,2H3/t7-/m1/s1. The summed E-state index contributed by atoms with van der Waals surface area (Å²) >= 11 is 0. The number of cyclic esters (lactones) is 1. The Morgan fingerprint density at radius 3 is 3.00 bits per heavy atom. The third kappa shape index (κ3) is 1.36. The van der Waals surface area contributed by atoms with E-state index in [1.165, 1.54) is 0 Å². The van der Waals surface area contributed by atoms with Gasteiger partial charge in [-0.1, -0.05) is 6.08 Å². The molecule has 0 amide bonds. The van der Waals surface area contributed by atoms with Crippen molar-refractivity contribution in [1.82, 2.24) is 5.32 Å². The summed E-state index contributed by atoms with van der Waals surface area (Å²) in [6.45, 7) is 6.23. The summed E-state index contributed by atoms with van der Waals surface area (Å²) in [6.07, 6.45) is 1.75. The molecule has 0 unspecified atom stereocenters. The van der Waals surface area contributed by atoms with Gasteiger partial charge in [-0.25, -0.2) is 0 Å². The molecule has 1 fully saturated rings. The molecule has 3 heteroatoms. The highest BCUT2D eigenvalue weighted by Gasteiger charge is 2.27. The van der Waals surface area contributed by atoms with Gasteiger partial charge in [0.2, 0.25) is 0 Å². The summed E-state index contributed by atoms with van der Waals surface area (Å²) in [7, 11) is 0. The predicted octanol–water partition coefficient (Wildman–Crippen LogP) is 0.0775. The third-order valence-corrected chi connectivity index (χ3v) is 1.62. The van der Waals surface area contributed by atoms with Crippen molar-refractivity contribution in [3.05, 3.63) is 12.7 Å². The zero-order valence-electron chi connectivity index (χ0n) is 6.02. The van der Waals surface area contributed by atoms with Gasteiger partial charge in [-0.05, 0) is 6.92 Å². The quantitative estimate of drug-likeness (QED) is 0.415. The molecule has 0 radical (unpaired) electrons. The Bertz CT molecular complexity index is 155. The molecule has 0 aromatic heterocycles. The Morgan fingerprint density at radius 2 is 2.60 bits per heavy atom. The number of ether oxygens (including phenoxy) is 1. The molecule has 10 heavy (non-hydrogen) atoms. The van der Waals surface area contributed by atoms with Crippen molar-refractivity contribution < 1.29 is 9.53 Å². The number of nitrogens with one attached hydrogen (secondary N) is 1. The number of esters is 1. The summed E-state index contributed by atoms with van der Waals surface area (Å²) in [6, 6.07) is 0. The molecule has 1 aliphatic heterocycles. The van der Waals surface area contributed by atoms with Crippen molar-refractivity contribution in [3.8, 4) is 0 Å². The fraction of sp³-hybridized carbons (Fsp3) is 0.571. The smallest absolute Gasteiger partial charge is 0.320 e. The van der Waals surface area contributed by atoms with Crippen LogP contribution in [0.5, 0.6) is 0 Å². The maximum absolute atomic E-state index is 10.5. The van der Waals surface area contributed by atoms with E-state index in [4.69, 9.17) is 4.74 Å². The van der Waals surface area contributed by atoms with E-state index < -0.39 is 0 Å². The van der Waals surface area contributed by atoms with Gasteiger partial charge in [0.1, 0.15) is 6.61 Å². The molecule has 0 aromatic rings. The monoisotopic (exact) mass is 141 g/mol. The van der Waals surface area contributed by atoms with Gasteiger partial charge in [-0.15, -0.1) is 6.58 Å². The van der Waals surface area contributed by atoms with Gasteiger partial charge in [-0.3, -0.25) is 10.1 Å². The van der Waals surface area contributed by atoms with Crippen LogP contribution >= 0.6 is 0 Å². The fourth-order valence-corrected chi connectivity index (χ4v) is 0.738. The minimum atomic E-state index is -0.228. The Hall–Kier alpha value is -0.830. The second-order valence-electron chi connectivity index (χ2n) is 2.64. The van der Waals surface area contributed by atoms with Crippen molar-refractivity contribution in [3.63, 3.8) is 0 Å². The van der Waals surface area contributed by atoms with E-state index in [9.17, 15) is 4.79 Å². The van der Waals surface area contributed by atoms with Crippen LogP contribution in [-0.4, -0.2) is 24.7 Å². The molecule has 1 atom stereocenters. The number of carbonyl (C=O) groups excluding carboxylic acids is 1. The second kappa shape index (κ2) is 2.42. The maximum Gasteiger partial charge on any atom is 0.320 e. The summed E-state index contributed by atoms with van der Waals surface area (Å²) in [4.78, 5) is 10.5. The van der Waals surface area contributed by atoms with Crippen LogP contribution in [0.4, 0.5) is 0 Å². The average Bonchev–Trinajstić information content (AvgIpc) is 1.96. The minimum absolute atomic E-state index is 0.195. The molecule has 0 spiro atoms. The molecular weight excluding hydrogens is 130 g/mol. The van der Waals surface area contributed by atoms with E-state index in [-0.39, 0.29) is 18.1 Å². The van der Waals surface area contributed by atoms with Crippen LogP contribution in [-0.2, 0) is 9.53 Å². The molecule has 0 bridgehead atoms. The first-order valence-electron chi connectivity index (χ1n) is 3.20. The Labute approximate surface area is 60.1 Å².